The molecule has 0 spiro atoms. The molecule has 4 rings (SSSR count). The van der Waals surface area contributed by atoms with Gasteiger partial charge in [-0.3, -0.25) is 4.79 Å². The number of nitrogens with one attached hydrogen (secondary N) is 3. The van der Waals surface area contributed by atoms with Crippen LogP contribution in [0.1, 0.15) is 54.2 Å². The maximum Gasteiger partial charge on any atom is 0.323 e. The van der Waals surface area contributed by atoms with E-state index in [2.05, 4.69) is 27.8 Å². The van der Waals surface area contributed by atoms with Gasteiger partial charge in [0.15, 0.2) is 0 Å². The number of carbonyl (C=O) groups is 2. The summed E-state index contributed by atoms with van der Waals surface area (Å²) in [5.41, 5.74) is 5.01. The van der Waals surface area contributed by atoms with Crippen molar-refractivity contribution in [1.29, 1.82) is 0 Å². The minimum atomic E-state index is -0.345. The van der Waals surface area contributed by atoms with Gasteiger partial charge in [0.2, 0.25) is 0 Å². The summed E-state index contributed by atoms with van der Waals surface area (Å²) >= 11 is 0. The lowest BCUT2D eigenvalue weighted by atomic mass is 10.1. The second kappa shape index (κ2) is 10.9. The molecule has 3 aromatic rings. The third-order valence-electron chi connectivity index (χ3n) is 6.21. The highest BCUT2D eigenvalue weighted by Crippen LogP contribution is 2.28. The normalized spacial score (nSPS) is 13.9. The number of carbonyl (C=O) groups excluding carboxylic acids is 2. The van der Waals surface area contributed by atoms with Gasteiger partial charge >= 0.3 is 6.03 Å². The van der Waals surface area contributed by atoms with Crippen LogP contribution < -0.4 is 20.9 Å². The van der Waals surface area contributed by atoms with Crippen molar-refractivity contribution in [2.24, 2.45) is 0 Å². The first-order valence-electron chi connectivity index (χ1n) is 11.9. The molecule has 176 valence electrons. The Balaban J connectivity index is 1.51. The van der Waals surface area contributed by atoms with Gasteiger partial charge in [-0.1, -0.05) is 49.4 Å². The molecule has 3 amide bonds. The molecule has 1 unspecified atom stereocenters. The Bertz CT molecular complexity index is 1120. The molecular weight excluding hydrogens is 424 g/mol. The largest absolute Gasteiger partial charge is 0.371 e. The van der Waals surface area contributed by atoms with Gasteiger partial charge in [-0.05, 0) is 67.6 Å². The predicted octanol–water partition coefficient (Wildman–Crippen LogP) is 5.98. The molecule has 3 aromatic carbocycles. The monoisotopic (exact) mass is 456 g/mol. The highest BCUT2D eigenvalue weighted by atomic mass is 16.2. The third-order valence-corrected chi connectivity index (χ3v) is 6.21. The van der Waals surface area contributed by atoms with E-state index in [1.165, 1.54) is 5.56 Å². The fourth-order valence-electron chi connectivity index (χ4n) is 4.25. The van der Waals surface area contributed by atoms with Crippen LogP contribution in [0.25, 0.3) is 0 Å². The minimum Gasteiger partial charge on any atom is -0.371 e. The molecule has 0 aromatic heterocycles. The van der Waals surface area contributed by atoms with E-state index in [9.17, 15) is 9.59 Å². The summed E-state index contributed by atoms with van der Waals surface area (Å²) < 4.78 is 0. The van der Waals surface area contributed by atoms with Crippen LogP contribution in [0, 0.1) is 0 Å². The Hall–Kier alpha value is -3.80. The molecule has 1 aliphatic heterocycles. The maximum atomic E-state index is 13.3. The summed E-state index contributed by atoms with van der Waals surface area (Å²) in [6, 6.07) is 22.7. The average molecular weight is 457 g/mol. The topological polar surface area (TPSA) is 73.5 Å². The second-order valence-corrected chi connectivity index (χ2v) is 8.66. The van der Waals surface area contributed by atoms with Gasteiger partial charge in [0.25, 0.3) is 5.91 Å². The van der Waals surface area contributed by atoms with E-state index in [0.29, 0.717) is 11.3 Å². The number of rotatable bonds is 7. The van der Waals surface area contributed by atoms with E-state index in [0.717, 1.165) is 49.3 Å². The van der Waals surface area contributed by atoms with Crippen LogP contribution >= 0.6 is 0 Å². The quantitative estimate of drug-likeness (QED) is 0.409. The van der Waals surface area contributed by atoms with Gasteiger partial charge in [0.05, 0.1) is 11.6 Å². The van der Waals surface area contributed by atoms with Crippen molar-refractivity contribution in [3.8, 4) is 0 Å². The Kier molecular flexibility index (Phi) is 7.48. The molecule has 1 fully saturated rings. The second-order valence-electron chi connectivity index (χ2n) is 8.66. The minimum absolute atomic E-state index is 0.133. The number of benzene rings is 3. The summed E-state index contributed by atoms with van der Waals surface area (Å²) in [5.74, 6) is -0.155. The SMILES string of the molecule is CCc1ccc(NC(=O)Nc2ccc(N3CCCC3)c(C(=O)NC(C)c3ccccc3)c2)cc1. The first kappa shape index (κ1) is 23.4. The van der Waals surface area contributed by atoms with Crippen molar-refractivity contribution < 1.29 is 9.59 Å². The van der Waals surface area contributed by atoms with Crippen molar-refractivity contribution in [3.05, 3.63) is 89.5 Å². The number of amides is 3. The zero-order valence-corrected chi connectivity index (χ0v) is 19.8. The number of aryl methyl sites for hydroxylation is 1. The first-order chi connectivity index (χ1) is 16.5. The highest BCUT2D eigenvalue weighted by molar-refractivity contribution is 6.04. The lowest BCUT2D eigenvalue weighted by Crippen LogP contribution is -2.30. The van der Waals surface area contributed by atoms with Crippen LogP contribution in [0.15, 0.2) is 72.8 Å². The van der Waals surface area contributed by atoms with Crippen LogP contribution in [-0.4, -0.2) is 25.0 Å². The molecule has 0 radical (unpaired) electrons. The van der Waals surface area contributed by atoms with Crippen molar-refractivity contribution in [2.75, 3.05) is 28.6 Å². The van der Waals surface area contributed by atoms with E-state index < -0.39 is 0 Å². The lowest BCUT2D eigenvalue weighted by Gasteiger charge is -2.23. The van der Waals surface area contributed by atoms with Gasteiger partial charge < -0.3 is 20.9 Å². The summed E-state index contributed by atoms with van der Waals surface area (Å²) in [5, 5.41) is 8.83. The van der Waals surface area contributed by atoms with E-state index in [1.54, 1.807) is 6.07 Å². The number of nitrogens with zero attached hydrogens (tertiary/aromatic N) is 1. The fourth-order valence-corrected chi connectivity index (χ4v) is 4.25. The van der Waals surface area contributed by atoms with Gasteiger partial charge in [-0.15, -0.1) is 0 Å². The standard InChI is InChI=1S/C28H32N4O2/c1-3-21-11-13-23(14-12-21)30-28(34)31-24-15-16-26(32-17-7-8-18-32)25(19-24)27(33)29-20(2)22-9-5-4-6-10-22/h4-6,9-16,19-20H,3,7-8,17-18H2,1-2H3,(H,29,33)(H2,30,31,34). The summed E-state index contributed by atoms with van der Waals surface area (Å²) in [6.45, 7) is 5.92. The molecule has 1 saturated heterocycles. The predicted molar refractivity (Wildman–Crippen MR) is 139 cm³/mol. The zero-order valence-electron chi connectivity index (χ0n) is 19.8. The van der Waals surface area contributed by atoms with E-state index in [1.807, 2.05) is 73.7 Å². The van der Waals surface area contributed by atoms with Gasteiger partial charge in [-0.2, -0.15) is 0 Å². The van der Waals surface area contributed by atoms with Gasteiger partial charge in [0, 0.05) is 30.2 Å². The molecule has 1 atom stereocenters. The van der Waals surface area contributed by atoms with Crippen molar-refractivity contribution in [3.63, 3.8) is 0 Å². The Morgan fingerprint density at radius 2 is 1.53 bits per heavy atom. The fraction of sp³-hybridized carbons (Fsp3) is 0.286. The Labute approximate surface area is 201 Å². The molecule has 1 heterocycles. The van der Waals surface area contributed by atoms with Crippen molar-refractivity contribution in [2.45, 2.75) is 39.2 Å². The van der Waals surface area contributed by atoms with E-state index >= 15 is 0 Å². The number of anilines is 3. The van der Waals surface area contributed by atoms with Crippen LogP contribution in [-0.2, 0) is 6.42 Å². The summed E-state index contributed by atoms with van der Waals surface area (Å²) in [7, 11) is 0. The zero-order chi connectivity index (χ0) is 23.9. The summed E-state index contributed by atoms with van der Waals surface area (Å²) in [6.07, 6.45) is 3.17. The first-order valence-corrected chi connectivity index (χ1v) is 11.9. The number of urea groups is 1. The molecule has 6 nitrogen and oxygen atoms in total. The summed E-state index contributed by atoms with van der Waals surface area (Å²) in [4.78, 5) is 28.2. The van der Waals surface area contributed by atoms with Gasteiger partial charge in [-0.25, -0.2) is 4.79 Å². The smallest absolute Gasteiger partial charge is 0.323 e. The molecule has 0 aliphatic carbocycles. The molecule has 34 heavy (non-hydrogen) atoms. The van der Waals surface area contributed by atoms with Crippen molar-refractivity contribution >= 4 is 29.0 Å². The highest BCUT2D eigenvalue weighted by Gasteiger charge is 2.22. The van der Waals surface area contributed by atoms with Crippen LogP contribution in [0.2, 0.25) is 0 Å². The number of hydrogen-bond acceptors (Lipinski definition) is 3. The average Bonchev–Trinajstić information content (AvgIpc) is 3.40. The molecule has 3 N–H and O–H groups in total. The van der Waals surface area contributed by atoms with Crippen LogP contribution in [0.4, 0.5) is 21.9 Å². The van der Waals surface area contributed by atoms with Crippen molar-refractivity contribution in [1.82, 2.24) is 5.32 Å². The van der Waals surface area contributed by atoms with E-state index in [4.69, 9.17) is 0 Å². The lowest BCUT2D eigenvalue weighted by molar-refractivity contribution is 0.0940. The third kappa shape index (κ3) is 5.76. The molecule has 1 aliphatic rings. The van der Waals surface area contributed by atoms with Gasteiger partial charge in [0.1, 0.15) is 0 Å². The molecule has 0 saturated carbocycles. The number of hydrogen-bond donors (Lipinski definition) is 3. The van der Waals surface area contributed by atoms with E-state index in [-0.39, 0.29) is 18.0 Å². The molecule has 0 bridgehead atoms. The maximum absolute atomic E-state index is 13.3. The molecule has 6 heteroatoms. The Morgan fingerprint density at radius 3 is 2.21 bits per heavy atom. The van der Waals surface area contributed by atoms with Crippen LogP contribution in [0.3, 0.4) is 0 Å². The van der Waals surface area contributed by atoms with Crippen LogP contribution in [0.5, 0.6) is 0 Å². The Morgan fingerprint density at radius 1 is 0.882 bits per heavy atom. The molecular formula is C28H32N4O2.